The zero-order valence-corrected chi connectivity index (χ0v) is 14.1. The number of amides is 1. The molecule has 26 heavy (non-hydrogen) atoms. The van der Waals surface area contributed by atoms with E-state index in [9.17, 15) is 13.6 Å². The third kappa shape index (κ3) is 2.38. The highest BCUT2D eigenvalue weighted by Crippen LogP contribution is 2.50. The summed E-state index contributed by atoms with van der Waals surface area (Å²) in [5.74, 6) is -1.62. The minimum Gasteiger partial charge on any atom is -0.339 e. The molecule has 2 atom stereocenters. The number of aromatic nitrogens is 2. The predicted molar refractivity (Wildman–Crippen MR) is 85.0 cm³/mol. The maximum absolute atomic E-state index is 14.2. The van der Waals surface area contributed by atoms with Gasteiger partial charge < -0.3 is 9.42 Å². The summed E-state index contributed by atoms with van der Waals surface area (Å²) in [6.07, 6.45) is 2.67. The molecule has 1 saturated carbocycles. The lowest BCUT2D eigenvalue weighted by atomic mass is 9.80. The predicted octanol–water partition coefficient (Wildman–Crippen LogP) is 2.72. The van der Waals surface area contributed by atoms with E-state index in [-0.39, 0.29) is 18.0 Å². The Morgan fingerprint density at radius 3 is 2.77 bits per heavy atom. The Bertz CT molecular complexity index is 913. The van der Waals surface area contributed by atoms with Crippen LogP contribution in [0.1, 0.15) is 46.9 Å². The first-order valence-electron chi connectivity index (χ1n) is 8.44. The molecule has 1 aliphatic carbocycles. The summed E-state index contributed by atoms with van der Waals surface area (Å²) in [6.45, 7) is 2.41. The SMILES string of the molecule is Cc1noc([C@]23CCC[C@H]2CN(C(=O)c2c(F)cc(C#N)cc2F)C3)n1. The fourth-order valence-corrected chi connectivity index (χ4v) is 4.29. The average molecular weight is 358 g/mol. The average Bonchev–Trinajstić information content (AvgIpc) is 3.27. The highest BCUT2D eigenvalue weighted by atomic mass is 19.1. The maximum Gasteiger partial charge on any atom is 0.259 e. The second-order valence-corrected chi connectivity index (χ2v) is 7.00. The molecule has 1 saturated heterocycles. The number of nitrogens with zero attached hydrogens (tertiary/aromatic N) is 4. The van der Waals surface area contributed by atoms with Crippen molar-refractivity contribution in [2.24, 2.45) is 5.92 Å². The van der Waals surface area contributed by atoms with Gasteiger partial charge in [-0.25, -0.2) is 8.78 Å². The second kappa shape index (κ2) is 5.87. The summed E-state index contributed by atoms with van der Waals surface area (Å²) < 4.78 is 33.8. The van der Waals surface area contributed by atoms with Crippen molar-refractivity contribution in [1.82, 2.24) is 15.0 Å². The maximum atomic E-state index is 14.2. The van der Waals surface area contributed by atoms with Gasteiger partial charge in [-0.2, -0.15) is 10.2 Å². The molecule has 1 aromatic carbocycles. The molecule has 0 unspecified atom stereocenters. The molecule has 2 aliphatic rings. The molecule has 8 heteroatoms. The number of carbonyl (C=O) groups excluding carboxylic acids is 1. The number of hydrogen-bond acceptors (Lipinski definition) is 5. The van der Waals surface area contributed by atoms with Crippen LogP contribution in [-0.4, -0.2) is 34.0 Å². The molecule has 2 fully saturated rings. The van der Waals surface area contributed by atoms with Crippen LogP contribution in [0.25, 0.3) is 0 Å². The normalized spacial score (nSPS) is 24.5. The number of carbonyl (C=O) groups is 1. The molecule has 2 heterocycles. The third-order valence-electron chi connectivity index (χ3n) is 5.50. The van der Waals surface area contributed by atoms with Crippen LogP contribution in [0.3, 0.4) is 0 Å². The fourth-order valence-electron chi connectivity index (χ4n) is 4.29. The van der Waals surface area contributed by atoms with Gasteiger partial charge in [0, 0.05) is 13.1 Å². The summed E-state index contributed by atoms with van der Waals surface area (Å²) in [5, 5.41) is 12.6. The van der Waals surface area contributed by atoms with E-state index in [0.717, 1.165) is 31.4 Å². The van der Waals surface area contributed by atoms with E-state index in [1.165, 1.54) is 4.90 Å². The molecule has 0 spiro atoms. The quantitative estimate of drug-likeness (QED) is 0.824. The number of halogens is 2. The van der Waals surface area contributed by atoms with E-state index in [1.54, 1.807) is 13.0 Å². The lowest BCUT2D eigenvalue weighted by Crippen LogP contribution is -2.35. The molecule has 0 N–H and O–H groups in total. The Labute approximate surface area is 148 Å². The van der Waals surface area contributed by atoms with E-state index in [0.29, 0.717) is 18.3 Å². The largest absolute Gasteiger partial charge is 0.339 e. The molecule has 1 aliphatic heterocycles. The first-order valence-corrected chi connectivity index (χ1v) is 8.44. The first kappa shape index (κ1) is 16.6. The Balaban J connectivity index is 1.67. The number of hydrogen-bond donors (Lipinski definition) is 0. The Morgan fingerprint density at radius 1 is 1.42 bits per heavy atom. The van der Waals surface area contributed by atoms with Crippen LogP contribution in [0.4, 0.5) is 8.78 Å². The third-order valence-corrected chi connectivity index (χ3v) is 5.50. The Morgan fingerprint density at radius 2 is 2.15 bits per heavy atom. The van der Waals surface area contributed by atoms with E-state index >= 15 is 0 Å². The van der Waals surface area contributed by atoms with Crippen molar-refractivity contribution in [3.8, 4) is 6.07 Å². The summed E-state index contributed by atoms with van der Waals surface area (Å²) in [5.41, 5.74) is -1.23. The van der Waals surface area contributed by atoms with Crippen LogP contribution in [0.15, 0.2) is 16.7 Å². The van der Waals surface area contributed by atoms with Gasteiger partial charge in [0.1, 0.15) is 17.2 Å². The van der Waals surface area contributed by atoms with Gasteiger partial charge in [-0.3, -0.25) is 4.79 Å². The fraction of sp³-hybridized carbons (Fsp3) is 0.444. The topological polar surface area (TPSA) is 83.0 Å². The zero-order valence-electron chi connectivity index (χ0n) is 14.1. The van der Waals surface area contributed by atoms with Gasteiger partial charge >= 0.3 is 0 Å². The van der Waals surface area contributed by atoms with Crippen molar-refractivity contribution in [1.29, 1.82) is 5.26 Å². The lowest BCUT2D eigenvalue weighted by molar-refractivity contribution is 0.0765. The molecule has 6 nitrogen and oxygen atoms in total. The van der Waals surface area contributed by atoms with Crippen LogP contribution < -0.4 is 0 Å². The standard InChI is InChI=1S/C18H16F2N4O2/c1-10-22-17(26-23-10)18-4-2-3-12(18)8-24(9-18)16(25)15-13(19)5-11(7-21)6-14(15)20/h5-6,12H,2-4,8-9H2,1H3/t12-,18-/m0/s1. The summed E-state index contributed by atoms with van der Waals surface area (Å²) >= 11 is 0. The van der Waals surface area contributed by atoms with Crippen molar-refractivity contribution >= 4 is 5.91 Å². The van der Waals surface area contributed by atoms with Gasteiger partial charge in [0.25, 0.3) is 5.91 Å². The molecule has 1 amide bonds. The van der Waals surface area contributed by atoms with E-state index in [2.05, 4.69) is 10.1 Å². The van der Waals surface area contributed by atoms with Gasteiger partial charge in [-0.1, -0.05) is 11.6 Å². The number of fused-ring (bicyclic) bond motifs is 1. The van der Waals surface area contributed by atoms with Crippen molar-refractivity contribution in [3.63, 3.8) is 0 Å². The summed E-state index contributed by atoms with van der Waals surface area (Å²) in [6, 6.07) is 3.43. The van der Waals surface area contributed by atoms with Crippen molar-refractivity contribution in [3.05, 3.63) is 46.6 Å². The van der Waals surface area contributed by atoms with Gasteiger partial charge in [-0.05, 0) is 37.8 Å². The number of likely N-dealkylation sites (tertiary alicyclic amines) is 1. The van der Waals surface area contributed by atoms with Crippen molar-refractivity contribution in [2.75, 3.05) is 13.1 Å². The molecule has 2 aromatic rings. The number of benzene rings is 1. The van der Waals surface area contributed by atoms with Gasteiger partial charge in [0.15, 0.2) is 5.82 Å². The molecular formula is C18H16F2N4O2. The molecule has 134 valence electrons. The van der Waals surface area contributed by atoms with Crippen LogP contribution in [-0.2, 0) is 5.41 Å². The van der Waals surface area contributed by atoms with E-state index in [4.69, 9.17) is 9.78 Å². The second-order valence-electron chi connectivity index (χ2n) is 7.00. The molecule has 1 aromatic heterocycles. The monoisotopic (exact) mass is 358 g/mol. The van der Waals surface area contributed by atoms with Crippen LogP contribution in [0.2, 0.25) is 0 Å². The van der Waals surface area contributed by atoms with Crippen LogP contribution >= 0.6 is 0 Å². The van der Waals surface area contributed by atoms with Gasteiger partial charge in [0.2, 0.25) is 5.89 Å². The van der Waals surface area contributed by atoms with Gasteiger partial charge in [0.05, 0.1) is 17.0 Å². The molecule has 4 rings (SSSR count). The molecule has 0 bridgehead atoms. The summed E-state index contributed by atoms with van der Waals surface area (Å²) in [4.78, 5) is 18.6. The van der Waals surface area contributed by atoms with E-state index < -0.39 is 28.5 Å². The number of nitriles is 1. The molecular weight excluding hydrogens is 342 g/mol. The van der Waals surface area contributed by atoms with Crippen molar-refractivity contribution in [2.45, 2.75) is 31.6 Å². The minimum absolute atomic E-state index is 0.121. The van der Waals surface area contributed by atoms with Gasteiger partial charge in [-0.15, -0.1) is 0 Å². The lowest BCUT2D eigenvalue weighted by Gasteiger charge is -2.24. The van der Waals surface area contributed by atoms with Crippen LogP contribution in [0.5, 0.6) is 0 Å². The highest BCUT2D eigenvalue weighted by molar-refractivity contribution is 5.95. The number of rotatable bonds is 2. The molecule has 0 radical (unpaired) electrons. The Hall–Kier alpha value is -2.82. The number of aryl methyl sites for hydroxylation is 1. The van der Waals surface area contributed by atoms with Crippen molar-refractivity contribution < 1.29 is 18.1 Å². The van der Waals surface area contributed by atoms with Crippen LogP contribution in [0, 0.1) is 35.8 Å². The smallest absolute Gasteiger partial charge is 0.259 e. The zero-order chi connectivity index (χ0) is 18.5. The highest BCUT2D eigenvalue weighted by Gasteiger charge is 2.55. The Kier molecular flexibility index (Phi) is 3.75. The summed E-state index contributed by atoms with van der Waals surface area (Å²) in [7, 11) is 0. The van der Waals surface area contributed by atoms with E-state index in [1.807, 2.05) is 0 Å². The first-order chi connectivity index (χ1) is 12.4. The minimum atomic E-state index is -1.02.